The summed E-state index contributed by atoms with van der Waals surface area (Å²) in [6.07, 6.45) is 4.16. The standard InChI is InChI=1S/C16H16ClN5/c17-13-4-1-2-5-15(13)21-8-3-9-22(11-10-21)16-14(12-18)19-6-7-20-16/h1-2,4-7H,3,8-11H2. The van der Waals surface area contributed by atoms with Crippen LogP contribution >= 0.6 is 11.6 Å². The van der Waals surface area contributed by atoms with Crippen molar-refractivity contribution in [1.29, 1.82) is 5.26 Å². The molecular formula is C16H16ClN5. The van der Waals surface area contributed by atoms with Gasteiger partial charge < -0.3 is 9.80 Å². The third kappa shape index (κ3) is 2.97. The minimum absolute atomic E-state index is 0.383. The van der Waals surface area contributed by atoms with E-state index < -0.39 is 0 Å². The fraction of sp³-hybridized carbons (Fsp3) is 0.312. The molecule has 5 nitrogen and oxygen atoms in total. The number of nitriles is 1. The second-order valence-corrected chi connectivity index (χ2v) is 5.53. The summed E-state index contributed by atoms with van der Waals surface area (Å²) in [6, 6.07) is 10.0. The Bertz CT molecular complexity index is 697. The lowest BCUT2D eigenvalue weighted by molar-refractivity contribution is 0.793. The molecule has 0 N–H and O–H groups in total. The highest BCUT2D eigenvalue weighted by molar-refractivity contribution is 6.33. The van der Waals surface area contributed by atoms with E-state index in [1.165, 1.54) is 0 Å². The zero-order valence-corrected chi connectivity index (χ0v) is 12.9. The number of rotatable bonds is 2. The average Bonchev–Trinajstić information content (AvgIpc) is 2.81. The summed E-state index contributed by atoms with van der Waals surface area (Å²) in [5.74, 6) is 0.672. The molecule has 0 saturated carbocycles. The summed E-state index contributed by atoms with van der Waals surface area (Å²) in [4.78, 5) is 12.8. The molecule has 0 aliphatic carbocycles. The molecule has 22 heavy (non-hydrogen) atoms. The Labute approximate surface area is 134 Å². The van der Waals surface area contributed by atoms with Gasteiger partial charge in [0.2, 0.25) is 0 Å². The van der Waals surface area contributed by atoms with Crippen LogP contribution in [0.25, 0.3) is 0 Å². The van der Waals surface area contributed by atoms with E-state index >= 15 is 0 Å². The fourth-order valence-corrected chi connectivity index (χ4v) is 2.97. The van der Waals surface area contributed by atoms with Gasteiger partial charge in [0, 0.05) is 38.6 Å². The molecule has 0 unspecified atom stereocenters. The first kappa shape index (κ1) is 14.6. The maximum absolute atomic E-state index is 9.18. The second kappa shape index (κ2) is 6.63. The van der Waals surface area contributed by atoms with Crippen molar-refractivity contribution in [3.63, 3.8) is 0 Å². The monoisotopic (exact) mass is 313 g/mol. The van der Waals surface area contributed by atoms with Gasteiger partial charge in [0.15, 0.2) is 11.5 Å². The molecule has 0 atom stereocenters. The predicted octanol–water partition coefficient (Wildman–Crippen LogP) is 2.72. The quantitative estimate of drug-likeness (QED) is 0.853. The molecule has 1 aromatic carbocycles. The molecule has 1 aromatic heterocycles. The van der Waals surface area contributed by atoms with Crippen LogP contribution in [0.2, 0.25) is 5.02 Å². The molecule has 3 rings (SSSR count). The Balaban J connectivity index is 1.78. The first-order valence-electron chi connectivity index (χ1n) is 7.25. The van der Waals surface area contributed by atoms with E-state index in [1.807, 2.05) is 24.3 Å². The van der Waals surface area contributed by atoms with Crippen molar-refractivity contribution >= 4 is 23.1 Å². The number of hydrogen-bond donors (Lipinski definition) is 0. The second-order valence-electron chi connectivity index (χ2n) is 5.12. The lowest BCUT2D eigenvalue weighted by Gasteiger charge is -2.25. The average molecular weight is 314 g/mol. The van der Waals surface area contributed by atoms with E-state index in [-0.39, 0.29) is 0 Å². The number of benzene rings is 1. The van der Waals surface area contributed by atoms with Gasteiger partial charge in [0.25, 0.3) is 0 Å². The van der Waals surface area contributed by atoms with Crippen LogP contribution in [-0.2, 0) is 0 Å². The van der Waals surface area contributed by atoms with Gasteiger partial charge in [-0.3, -0.25) is 0 Å². The van der Waals surface area contributed by atoms with Crippen LogP contribution in [0, 0.1) is 11.3 Å². The van der Waals surface area contributed by atoms with Crippen LogP contribution in [0.5, 0.6) is 0 Å². The lowest BCUT2D eigenvalue weighted by Crippen LogP contribution is -2.31. The SMILES string of the molecule is N#Cc1nccnc1N1CCCN(c2ccccc2Cl)CC1. The van der Waals surface area contributed by atoms with Gasteiger partial charge in [-0.2, -0.15) is 5.26 Å². The van der Waals surface area contributed by atoms with Gasteiger partial charge >= 0.3 is 0 Å². The number of halogens is 1. The summed E-state index contributed by atoms with van der Waals surface area (Å²) in [7, 11) is 0. The van der Waals surface area contributed by atoms with Crippen LogP contribution < -0.4 is 9.80 Å². The van der Waals surface area contributed by atoms with Crippen LogP contribution in [0.3, 0.4) is 0 Å². The van der Waals surface area contributed by atoms with Crippen molar-refractivity contribution in [2.24, 2.45) is 0 Å². The van der Waals surface area contributed by atoms with Crippen LogP contribution in [-0.4, -0.2) is 36.1 Å². The minimum Gasteiger partial charge on any atom is -0.368 e. The molecule has 0 spiro atoms. The molecule has 1 saturated heterocycles. The van der Waals surface area contributed by atoms with Crippen molar-refractivity contribution in [3.05, 3.63) is 47.4 Å². The maximum atomic E-state index is 9.18. The number of aromatic nitrogens is 2. The molecule has 2 aromatic rings. The number of hydrogen-bond acceptors (Lipinski definition) is 5. The first-order valence-corrected chi connectivity index (χ1v) is 7.63. The maximum Gasteiger partial charge on any atom is 0.183 e. The molecular weight excluding hydrogens is 298 g/mol. The third-order valence-corrected chi connectivity index (χ3v) is 4.09. The van der Waals surface area contributed by atoms with Crippen LogP contribution in [0.1, 0.15) is 12.1 Å². The normalized spacial score (nSPS) is 15.3. The van der Waals surface area contributed by atoms with Crippen LogP contribution in [0.4, 0.5) is 11.5 Å². The third-order valence-electron chi connectivity index (χ3n) is 3.77. The van der Waals surface area contributed by atoms with E-state index in [0.717, 1.165) is 43.3 Å². The van der Waals surface area contributed by atoms with Crippen molar-refractivity contribution in [2.75, 3.05) is 36.0 Å². The Morgan fingerprint density at radius 2 is 1.73 bits per heavy atom. The van der Waals surface area contributed by atoms with E-state index in [4.69, 9.17) is 11.6 Å². The van der Waals surface area contributed by atoms with Gasteiger partial charge in [0.1, 0.15) is 6.07 Å². The molecule has 1 aliphatic rings. The summed E-state index contributed by atoms with van der Waals surface area (Å²) in [5, 5.41) is 9.95. The van der Waals surface area contributed by atoms with E-state index in [0.29, 0.717) is 11.5 Å². The Hall–Kier alpha value is -2.32. The Morgan fingerprint density at radius 3 is 2.55 bits per heavy atom. The summed E-state index contributed by atoms with van der Waals surface area (Å²) < 4.78 is 0. The molecule has 2 heterocycles. The van der Waals surface area contributed by atoms with Crippen molar-refractivity contribution in [3.8, 4) is 6.07 Å². The van der Waals surface area contributed by atoms with Gasteiger partial charge in [0.05, 0.1) is 10.7 Å². The van der Waals surface area contributed by atoms with Gasteiger partial charge in [-0.15, -0.1) is 0 Å². The highest BCUT2D eigenvalue weighted by Crippen LogP contribution is 2.26. The summed E-state index contributed by atoms with van der Waals surface area (Å²) in [6.45, 7) is 3.42. The lowest BCUT2D eigenvalue weighted by atomic mass is 10.2. The smallest absolute Gasteiger partial charge is 0.183 e. The number of nitrogens with zero attached hydrogens (tertiary/aromatic N) is 5. The largest absolute Gasteiger partial charge is 0.368 e. The van der Waals surface area contributed by atoms with Gasteiger partial charge in [-0.25, -0.2) is 9.97 Å². The van der Waals surface area contributed by atoms with Crippen molar-refractivity contribution in [1.82, 2.24) is 9.97 Å². The Morgan fingerprint density at radius 1 is 1.00 bits per heavy atom. The van der Waals surface area contributed by atoms with Crippen molar-refractivity contribution < 1.29 is 0 Å². The van der Waals surface area contributed by atoms with E-state index in [1.54, 1.807) is 12.4 Å². The van der Waals surface area contributed by atoms with Gasteiger partial charge in [-0.1, -0.05) is 23.7 Å². The summed E-state index contributed by atoms with van der Waals surface area (Å²) in [5.41, 5.74) is 1.44. The molecule has 6 heteroatoms. The molecule has 112 valence electrons. The molecule has 1 fully saturated rings. The molecule has 0 radical (unpaired) electrons. The number of anilines is 2. The zero-order chi connectivity index (χ0) is 15.4. The predicted molar refractivity (Wildman–Crippen MR) is 87.2 cm³/mol. The van der Waals surface area contributed by atoms with Crippen molar-refractivity contribution in [2.45, 2.75) is 6.42 Å². The summed E-state index contributed by atoms with van der Waals surface area (Å²) >= 11 is 6.29. The Kier molecular flexibility index (Phi) is 4.40. The molecule has 0 amide bonds. The zero-order valence-electron chi connectivity index (χ0n) is 12.1. The first-order chi connectivity index (χ1) is 10.8. The topological polar surface area (TPSA) is 56.1 Å². The minimum atomic E-state index is 0.383. The number of para-hydroxylation sites is 1. The van der Waals surface area contributed by atoms with E-state index in [2.05, 4.69) is 25.8 Å². The highest BCUT2D eigenvalue weighted by Gasteiger charge is 2.20. The highest BCUT2D eigenvalue weighted by atomic mass is 35.5. The van der Waals surface area contributed by atoms with Gasteiger partial charge in [-0.05, 0) is 18.6 Å². The molecule has 0 bridgehead atoms. The van der Waals surface area contributed by atoms with Crippen LogP contribution in [0.15, 0.2) is 36.7 Å². The van der Waals surface area contributed by atoms with E-state index in [9.17, 15) is 5.26 Å². The molecule has 1 aliphatic heterocycles. The fourth-order valence-electron chi connectivity index (χ4n) is 2.72.